The molecule has 1 aliphatic carbocycles. The summed E-state index contributed by atoms with van der Waals surface area (Å²) >= 11 is 0. The van der Waals surface area contributed by atoms with E-state index < -0.39 is 17.9 Å². The van der Waals surface area contributed by atoms with Gasteiger partial charge >= 0.3 is 0 Å². The summed E-state index contributed by atoms with van der Waals surface area (Å²) in [5, 5.41) is 24.7. The van der Waals surface area contributed by atoms with Crippen molar-refractivity contribution in [1.29, 1.82) is 0 Å². The van der Waals surface area contributed by atoms with Crippen molar-refractivity contribution in [3.05, 3.63) is 0 Å². The van der Waals surface area contributed by atoms with E-state index in [2.05, 4.69) is 19.2 Å². The molecule has 0 aromatic carbocycles. The molecule has 1 spiro atoms. The molecule has 150 valence electrons. The molecule has 5 nitrogen and oxygen atoms in total. The predicted molar refractivity (Wildman–Crippen MR) is 100 cm³/mol. The first-order valence-corrected chi connectivity index (χ1v) is 10.7. The molecule has 3 rings (SSSR count). The highest BCUT2D eigenvalue weighted by Crippen LogP contribution is 2.57. The molecule has 3 aliphatic rings. The normalized spacial score (nSPS) is 44.3. The second kappa shape index (κ2) is 7.76. The van der Waals surface area contributed by atoms with E-state index in [1.807, 2.05) is 13.8 Å². The van der Waals surface area contributed by atoms with Gasteiger partial charge in [0, 0.05) is 30.1 Å². The number of rotatable bonds is 7. The summed E-state index contributed by atoms with van der Waals surface area (Å²) < 4.78 is 6.50. The summed E-state index contributed by atoms with van der Waals surface area (Å²) in [4.78, 5) is 12.5. The molecule has 2 saturated heterocycles. The number of unbranched alkanes of at least 4 members (excludes halogenated alkanes) is 1. The van der Waals surface area contributed by atoms with Gasteiger partial charge in [0.25, 0.3) is 0 Å². The number of hydrogen-bond acceptors (Lipinski definition) is 4. The zero-order chi connectivity index (χ0) is 19.1. The van der Waals surface area contributed by atoms with Crippen LogP contribution in [-0.4, -0.2) is 40.2 Å². The Morgan fingerprint density at radius 3 is 2.73 bits per heavy atom. The van der Waals surface area contributed by atoms with E-state index in [-0.39, 0.29) is 41.6 Å². The van der Waals surface area contributed by atoms with E-state index in [1.165, 1.54) is 0 Å². The summed E-state index contributed by atoms with van der Waals surface area (Å²) in [6.45, 7) is 8.31. The van der Waals surface area contributed by atoms with Crippen molar-refractivity contribution in [2.75, 3.05) is 0 Å². The second-order valence-electron chi connectivity index (χ2n) is 9.09. The molecule has 26 heavy (non-hydrogen) atoms. The van der Waals surface area contributed by atoms with Crippen molar-refractivity contribution in [2.24, 2.45) is 29.6 Å². The van der Waals surface area contributed by atoms with Crippen LogP contribution in [0.15, 0.2) is 0 Å². The number of amides is 1. The molecule has 9 atom stereocenters. The number of piperidine rings is 1. The maximum absolute atomic E-state index is 12.5. The van der Waals surface area contributed by atoms with E-state index in [0.29, 0.717) is 6.42 Å². The molecule has 0 aromatic heterocycles. The van der Waals surface area contributed by atoms with Crippen molar-refractivity contribution in [3.63, 3.8) is 0 Å². The smallest absolute Gasteiger partial charge is 0.225 e. The Hall–Kier alpha value is -0.650. The molecular formula is C21H37NO4. The van der Waals surface area contributed by atoms with Gasteiger partial charge in [0.2, 0.25) is 5.91 Å². The van der Waals surface area contributed by atoms with Crippen LogP contribution in [0.5, 0.6) is 0 Å². The zero-order valence-electron chi connectivity index (χ0n) is 16.8. The van der Waals surface area contributed by atoms with Crippen LogP contribution in [-0.2, 0) is 9.53 Å². The van der Waals surface area contributed by atoms with Gasteiger partial charge in [-0.25, -0.2) is 0 Å². The molecule has 3 N–H and O–H groups in total. The molecule has 0 radical (unpaired) electrons. The first kappa shape index (κ1) is 20.1. The molecule has 0 unspecified atom stereocenters. The quantitative estimate of drug-likeness (QED) is 0.646. The highest BCUT2D eigenvalue weighted by atomic mass is 16.5. The molecule has 2 heterocycles. The molecule has 2 aliphatic heterocycles. The Kier molecular flexibility index (Phi) is 6.00. The van der Waals surface area contributed by atoms with Crippen LogP contribution in [0, 0.1) is 29.6 Å². The summed E-state index contributed by atoms with van der Waals surface area (Å²) in [5.74, 6) is 0.585. The van der Waals surface area contributed by atoms with Crippen LogP contribution >= 0.6 is 0 Å². The molecule has 0 bridgehead atoms. The lowest BCUT2D eigenvalue weighted by atomic mass is 9.55. The summed E-state index contributed by atoms with van der Waals surface area (Å²) in [7, 11) is 0. The lowest BCUT2D eigenvalue weighted by molar-refractivity contribution is -0.320. The fraction of sp³-hybridized carbons (Fsp3) is 0.952. The van der Waals surface area contributed by atoms with Crippen LogP contribution in [0.1, 0.15) is 72.6 Å². The van der Waals surface area contributed by atoms with E-state index in [1.54, 1.807) is 0 Å². The van der Waals surface area contributed by atoms with Gasteiger partial charge in [-0.1, -0.05) is 40.5 Å². The van der Waals surface area contributed by atoms with Crippen molar-refractivity contribution in [3.8, 4) is 0 Å². The van der Waals surface area contributed by atoms with Gasteiger partial charge in [-0.2, -0.15) is 0 Å². The second-order valence-corrected chi connectivity index (χ2v) is 9.09. The standard InChI is InChI=1S/C21H37NO4/c1-5-7-8-12(3)17(23)11-18-13(4)19(24)16-10-15-9-14(6-2)20(25)22-21(15,16)26-18/h12-19,23-24H,5-11H2,1-4H3,(H,22,25)/t12-,13-,14-,15+,16-,17-,18-,19-,21+/m0/s1. The number of ether oxygens (including phenoxy) is 1. The van der Waals surface area contributed by atoms with Gasteiger partial charge in [0.1, 0.15) is 5.72 Å². The molecule has 1 saturated carbocycles. The number of hydrogen-bond donors (Lipinski definition) is 3. The van der Waals surface area contributed by atoms with Gasteiger partial charge in [0.05, 0.1) is 18.3 Å². The van der Waals surface area contributed by atoms with Crippen LogP contribution in [0.2, 0.25) is 0 Å². The fourth-order valence-corrected chi connectivity index (χ4v) is 5.36. The molecule has 1 amide bonds. The monoisotopic (exact) mass is 367 g/mol. The average Bonchev–Trinajstić information content (AvgIpc) is 2.60. The lowest BCUT2D eigenvalue weighted by Gasteiger charge is -2.65. The molecule has 5 heteroatoms. The Labute approximate surface area is 157 Å². The van der Waals surface area contributed by atoms with Crippen LogP contribution in [0.3, 0.4) is 0 Å². The molecule has 3 fully saturated rings. The minimum absolute atomic E-state index is 0.0184. The predicted octanol–water partition coefficient (Wildman–Crippen LogP) is 2.84. The number of aliphatic hydroxyl groups excluding tert-OH is 2. The van der Waals surface area contributed by atoms with Crippen LogP contribution in [0.25, 0.3) is 0 Å². The minimum Gasteiger partial charge on any atom is -0.393 e. The largest absolute Gasteiger partial charge is 0.393 e. The minimum atomic E-state index is -0.703. The summed E-state index contributed by atoms with van der Waals surface area (Å²) in [6.07, 6.45) is 5.25. The van der Waals surface area contributed by atoms with Crippen molar-refractivity contribution >= 4 is 5.91 Å². The first-order valence-electron chi connectivity index (χ1n) is 10.7. The number of aliphatic hydroxyl groups is 2. The zero-order valence-corrected chi connectivity index (χ0v) is 16.8. The Balaban J connectivity index is 1.70. The van der Waals surface area contributed by atoms with Gasteiger partial charge in [-0.15, -0.1) is 0 Å². The van der Waals surface area contributed by atoms with E-state index in [0.717, 1.165) is 38.5 Å². The van der Waals surface area contributed by atoms with Crippen LogP contribution < -0.4 is 5.32 Å². The SMILES string of the molecule is CCCC[C@H](C)[C@@H](O)C[C@@H]1O[C@]23NC(=O)[C@@H](CC)C[C@@H]2C[C@H]3[C@@H](O)[C@H]1C. The maximum atomic E-state index is 12.5. The lowest BCUT2D eigenvalue weighted by Crippen LogP contribution is -2.78. The maximum Gasteiger partial charge on any atom is 0.225 e. The fourth-order valence-electron chi connectivity index (χ4n) is 5.36. The Morgan fingerprint density at radius 2 is 2.08 bits per heavy atom. The van der Waals surface area contributed by atoms with Gasteiger partial charge in [-0.3, -0.25) is 4.79 Å². The third-order valence-electron chi connectivity index (χ3n) is 7.47. The Morgan fingerprint density at radius 1 is 1.35 bits per heavy atom. The van der Waals surface area contributed by atoms with Crippen molar-refractivity contribution in [2.45, 2.75) is 96.7 Å². The highest BCUT2D eigenvalue weighted by Gasteiger charge is 2.66. The molecule has 0 aromatic rings. The summed E-state index contributed by atoms with van der Waals surface area (Å²) in [5.41, 5.74) is -0.703. The van der Waals surface area contributed by atoms with Gasteiger partial charge < -0.3 is 20.3 Å². The average molecular weight is 368 g/mol. The van der Waals surface area contributed by atoms with E-state index in [9.17, 15) is 15.0 Å². The van der Waals surface area contributed by atoms with Crippen molar-refractivity contribution < 1.29 is 19.7 Å². The molecular weight excluding hydrogens is 330 g/mol. The third kappa shape index (κ3) is 3.31. The third-order valence-corrected chi connectivity index (χ3v) is 7.47. The first-order chi connectivity index (χ1) is 12.3. The van der Waals surface area contributed by atoms with Gasteiger partial charge in [0.15, 0.2) is 0 Å². The van der Waals surface area contributed by atoms with Gasteiger partial charge in [-0.05, 0) is 31.6 Å². The highest BCUT2D eigenvalue weighted by molar-refractivity contribution is 5.80. The number of nitrogens with one attached hydrogen (secondary N) is 1. The van der Waals surface area contributed by atoms with Crippen molar-refractivity contribution in [1.82, 2.24) is 5.32 Å². The van der Waals surface area contributed by atoms with E-state index >= 15 is 0 Å². The Bertz CT molecular complexity index is 512. The topological polar surface area (TPSA) is 78.8 Å². The number of carbonyl (C=O) groups excluding carboxylic acids is 1. The summed E-state index contributed by atoms with van der Waals surface area (Å²) in [6, 6.07) is 0. The van der Waals surface area contributed by atoms with Crippen LogP contribution in [0.4, 0.5) is 0 Å². The van der Waals surface area contributed by atoms with E-state index in [4.69, 9.17) is 4.74 Å². The number of carbonyl (C=O) groups is 1.